The molecule has 1 heterocycles. The molecule has 0 bridgehead atoms. The van der Waals surface area contributed by atoms with Crippen LogP contribution in [0.3, 0.4) is 0 Å². The van der Waals surface area contributed by atoms with Gasteiger partial charge in [0, 0.05) is 13.0 Å². The van der Waals surface area contributed by atoms with Gasteiger partial charge in [-0.3, -0.25) is 0 Å². The summed E-state index contributed by atoms with van der Waals surface area (Å²) in [5, 5.41) is 11.5. The summed E-state index contributed by atoms with van der Waals surface area (Å²) >= 11 is 0. The molecular weight excluding hydrogens is 228 g/mol. The first-order valence-electron chi connectivity index (χ1n) is 6.10. The van der Waals surface area contributed by atoms with Gasteiger partial charge in [-0.05, 0) is 35.9 Å². The third-order valence-electron chi connectivity index (χ3n) is 2.39. The molecule has 0 fully saturated rings. The van der Waals surface area contributed by atoms with Gasteiger partial charge in [0.05, 0.1) is 7.11 Å². The molecule has 18 heavy (non-hydrogen) atoms. The summed E-state index contributed by atoms with van der Waals surface area (Å²) in [6.07, 6.45) is 11.6. The van der Waals surface area contributed by atoms with Gasteiger partial charge in [-0.25, -0.2) is 4.68 Å². The van der Waals surface area contributed by atoms with Crippen LogP contribution in [-0.2, 0) is 17.7 Å². The lowest BCUT2D eigenvalue weighted by atomic mass is 10.3. The number of tetrazole rings is 1. The minimum atomic E-state index is 0.798. The lowest BCUT2D eigenvalue weighted by Gasteiger charge is -1.99. The molecule has 1 rings (SSSR count). The van der Waals surface area contributed by atoms with E-state index >= 15 is 0 Å². The van der Waals surface area contributed by atoms with Crippen LogP contribution in [-0.4, -0.2) is 27.3 Å². The zero-order valence-corrected chi connectivity index (χ0v) is 11.2. The highest BCUT2D eigenvalue weighted by atomic mass is 16.5. The molecule has 0 radical (unpaired) electrons. The third kappa shape index (κ3) is 4.53. The average Bonchev–Trinajstić information content (AvgIpc) is 2.84. The van der Waals surface area contributed by atoms with Crippen molar-refractivity contribution in [3.05, 3.63) is 42.0 Å². The summed E-state index contributed by atoms with van der Waals surface area (Å²) in [7, 11) is 1.66. The Morgan fingerprint density at radius 2 is 2.28 bits per heavy atom. The molecule has 5 nitrogen and oxygen atoms in total. The third-order valence-corrected chi connectivity index (χ3v) is 2.39. The van der Waals surface area contributed by atoms with E-state index in [9.17, 15) is 0 Å². The topological polar surface area (TPSA) is 52.8 Å². The molecular formula is C13H20N4O. The molecule has 0 unspecified atom stereocenters. The van der Waals surface area contributed by atoms with E-state index in [1.165, 1.54) is 0 Å². The number of aromatic nitrogens is 4. The standard InChI is InChI=1S/C13H20N4O/c1-4-9-12(18-3)10-7-6-8-11-17-13(5-2)14-15-16-17/h4,6-7,9-10H,5,8,11H2,1-3H3/b7-6+,9-4-,12-10+. The molecule has 0 spiro atoms. The van der Waals surface area contributed by atoms with Crippen LogP contribution in [0, 0.1) is 0 Å². The summed E-state index contributed by atoms with van der Waals surface area (Å²) in [5.41, 5.74) is 0. The fourth-order valence-electron chi connectivity index (χ4n) is 1.46. The average molecular weight is 248 g/mol. The summed E-state index contributed by atoms with van der Waals surface area (Å²) in [4.78, 5) is 0. The van der Waals surface area contributed by atoms with E-state index in [1.807, 2.05) is 42.8 Å². The molecule has 0 saturated heterocycles. The second-order valence-corrected chi connectivity index (χ2v) is 3.66. The van der Waals surface area contributed by atoms with Crippen LogP contribution in [0.5, 0.6) is 0 Å². The van der Waals surface area contributed by atoms with Gasteiger partial charge in [-0.15, -0.1) is 5.10 Å². The zero-order chi connectivity index (χ0) is 13.2. The van der Waals surface area contributed by atoms with Crippen molar-refractivity contribution in [2.24, 2.45) is 0 Å². The first-order chi connectivity index (χ1) is 8.81. The Bertz CT molecular complexity index is 432. The molecule has 0 amide bonds. The van der Waals surface area contributed by atoms with E-state index < -0.39 is 0 Å². The predicted octanol–water partition coefficient (Wildman–Crippen LogP) is 2.29. The maximum absolute atomic E-state index is 5.17. The molecule has 98 valence electrons. The highest BCUT2D eigenvalue weighted by Gasteiger charge is 2.00. The van der Waals surface area contributed by atoms with Crippen molar-refractivity contribution in [1.29, 1.82) is 0 Å². The molecule has 0 atom stereocenters. The van der Waals surface area contributed by atoms with Gasteiger partial charge >= 0.3 is 0 Å². The van der Waals surface area contributed by atoms with E-state index in [2.05, 4.69) is 21.6 Å². The Morgan fingerprint density at radius 3 is 2.94 bits per heavy atom. The van der Waals surface area contributed by atoms with Crippen molar-refractivity contribution in [1.82, 2.24) is 20.2 Å². The quantitative estimate of drug-likeness (QED) is 0.549. The zero-order valence-electron chi connectivity index (χ0n) is 11.2. The first kappa shape index (κ1) is 14.2. The number of aryl methyl sites for hydroxylation is 2. The normalized spacial score (nSPS) is 12.7. The van der Waals surface area contributed by atoms with Gasteiger partial charge in [0.1, 0.15) is 5.76 Å². The second kappa shape index (κ2) is 8.22. The van der Waals surface area contributed by atoms with Crippen LogP contribution in [0.2, 0.25) is 0 Å². The van der Waals surface area contributed by atoms with Gasteiger partial charge in [0.2, 0.25) is 0 Å². The van der Waals surface area contributed by atoms with E-state index in [-0.39, 0.29) is 0 Å². The second-order valence-electron chi connectivity index (χ2n) is 3.66. The van der Waals surface area contributed by atoms with Crippen molar-refractivity contribution in [3.63, 3.8) is 0 Å². The monoisotopic (exact) mass is 248 g/mol. The summed E-state index contributed by atoms with van der Waals surface area (Å²) in [6.45, 7) is 4.80. The Labute approximate surface area is 108 Å². The lowest BCUT2D eigenvalue weighted by Crippen LogP contribution is -2.04. The van der Waals surface area contributed by atoms with Crippen molar-refractivity contribution >= 4 is 0 Å². The van der Waals surface area contributed by atoms with Gasteiger partial charge in [0.15, 0.2) is 5.82 Å². The number of methoxy groups -OCH3 is 1. The molecule has 0 aromatic carbocycles. The number of rotatable bonds is 7. The van der Waals surface area contributed by atoms with E-state index in [4.69, 9.17) is 4.74 Å². The smallest absolute Gasteiger partial charge is 0.150 e. The summed E-state index contributed by atoms with van der Waals surface area (Å²) in [5.74, 6) is 1.76. The van der Waals surface area contributed by atoms with Crippen LogP contribution in [0.15, 0.2) is 36.1 Å². The molecule has 0 aliphatic heterocycles. The fraction of sp³-hybridized carbons (Fsp3) is 0.462. The van der Waals surface area contributed by atoms with Crippen LogP contribution in [0.25, 0.3) is 0 Å². The molecule has 0 N–H and O–H groups in total. The Morgan fingerprint density at radius 1 is 1.44 bits per heavy atom. The predicted molar refractivity (Wildman–Crippen MR) is 70.9 cm³/mol. The van der Waals surface area contributed by atoms with Crippen LogP contribution in [0.1, 0.15) is 26.1 Å². The Balaban J connectivity index is 2.42. The number of hydrogen-bond donors (Lipinski definition) is 0. The molecule has 0 aliphatic carbocycles. The number of hydrogen-bond acceptors (Lipinski definition) is 4. The molecule has 0 saturated carbocycles. The fourth-order valence-corrected chi connectivity index (χ4v) is 1.46. The Hall–Kier alpha value is -1.91. The van der Waals surface area contributed by atoms with Crippen LogP contribution >= 0.6 is 0 Å². The van der Waals surface area contributed by atoms with Crippen molar-refractivity contribution < 1.29 is 4.74 Å². The Kier molecular flexibility index (Phi) is 6.46. The first-order valence-corrected chi connectivity index (χ1v) is 6.10. The summed E-state index contributed by atoms with van der Waals surface area (Å²) in [6, 6.07) is 0. The minimum Gasteiger partial charge on any atom is -0.497 e. The van der Waals surface area contributed by atoms with Crippen LogP contribution < -0.4 is 0 Å². The maximum atomic E-state index is 5.17. The SMILES string of the molecule is C\C=C/C(=C\C=C\CCn1nnnc1CC)OC. The van der Waals surface area contributed by atoms with Crippen LogP contribution in [0.4, 0.5) is 0 Å². The molecule has 1 aromatic heterocycles. The highest BCUT2D eigenvalue weighted by molar-refractivity contribution is 5.17. The van der Waals surface area contributed by atoms with E-state index in [0.717, 1.165) is 31.0 Å². The molecule has 0 aliphatic rings. The largest absolute Gasteiger partial charge is 0.497 e. The van der Waals surface area contributed by atoms with Gasteiger partial charge in [-0.1, -0.05) is 25.2 Å². The molecule has 5 heteroatoms. The van der Waals surface area contributed by atoms with E-state index in [0.29, 0.717) is 0 Å². The van der Waals surface area contributed by atoms with Crippen molar-refractivity contribution in [2.75, 3.05) is 7.11 Å². The van der Waals surface area contributed by atoms with Gasteiger partial charge in [0.25, 0.3) is 0 Å². The molecule has 1 aromatic rings. The minimum absolute atomic E-state index is 0.798. The maximum Gasteiger partial charge on any atom is 0.150 e. The number of allylic oxidation sites excluding steroid dienone is 5. The number of nitrogens with zero attached hydrogens (tertiary/aromatic N) is 4. The highest BCUT2D eigenvalue weighted by Crippen LogP contribution is 2.00. The van der Waals surface area contributed by atoms with E-state index in [1.54, 1.807) is 7.11 Å². The van der Waals surface area contributed by atoms with Gasteiger partial charge < -0.3 is 4.74 Å². The summed E-state index contributed by atoms with van der Waals surface area (Å²) < 4.78 is 7.00. The number of ether oxygens (including phenoxy) is 1. The van der Waals surface area contributed by atoms with Crippen molar-refractivity contribution in [2.45, 2.75) is 33.2 Å². The van der Waals surface area contributed by atoms with Crippen molar-refractivity contribution in [3.8, 4) is 0 Å². The van der Waals surface area contributed by atoms with Gasteiger partial charge in [-0.2, -0.15) is 0 Å². The lowest BCUT2D eigenvalue weighted by molar-refractivity contribution is 0.307.